The molecule has 0 aromatic heterocycles. The molecule has 0 aliphatic heterocycles. The first-order valence-electron chi connectivity index (χ1n) is 2.81. The third kappa shape index (κ3) is 3.24. The van der Waals surface area contributed by atoms with Crippen LogP contribution in [0.15, 0.2) is 0 Å². The average molecular weight is 170 g/mol. The van der Waals surface area contributed by atoms with E-state index in [9.17, 15) is 13.6 Å². The van der Waals surface area contributed by atoms with E-state index in [2.05, 4.69) is 4.74 Å². The van der Waals surface area contributed by atoms with Crippen LogP contribution in [-0.2, 0) is 9.53 Å². The van der Waals surface area contributed by atoms with E-state index in [0.717, 1.165) is 0 Å². The second-order valence-corrected chi connectivity index (χ2v) is 1.72. The molecule has 0 aliphatic carbocycles. The molecule has 11 heavy (non-hydrogen) atoms. The molecular weight excluding hydrogens is 162 g/mol. The Labute approximate surface area is 61.4 Å². The van der Waals surface area contributed by atoms with Gasteiger partial charge in [0, 0.05) is 0 Å². The number of carbonyl (C=O) groups is 1. The number of alkyl halides is 2. The van der Waals surface area contributed by atoms with Crippen molar-refractivity contribution in [1.82, 2.24) is 0 Å². The van der Waals surface area contributed by atoms with Crippen molar-refractivity contribution in [2.75, 3.05) is 19.8 Å². The number of hydrogen-bond donors (Lipinski definition) is 2. The fourth-order valence-electron chi connectivity index (χ4n) is 0.308. The fraction of sp³-hybridized carbons (Fsp3) is 0.800. The van der Waals surface area contributed by atoms with Crippen LogP contribution in [-0.4, -0.2) is 41.9 Å². The number of aliphatic hydroxyl groups is 2. The first kappa shape index (κ1) is 10.2. The Morgan fingerprint density at radius 2 is 2.00 bits per heavy atom. The fourth-order valence-corrected chi connectivity index (χ4v) is 0.308. The summed E-state index contributed by atoms with van der Waals surface area (Å²) in [7, 11) is 0. The zero-order valence-electron chi connectivity index (χ0n) is 5.59. The molecule has 0 rings (SSSR count). The second kappa shape index (κ2) is 4.20. The van der Waals surface area contributed by atoms with E-state index in [0.29, 0.717) is 0 Å². The standard InChI is InChI=1S/C5H8F2O4/c6-5(7,3-9)4(10)11-2-1-8/h8-9H,1-3H2. The molecule has 0 bridgehead atoms. The Bertz CT molecular complexity index is 136. The maximum atomic E-state index is 12.1. The molecule has 0 saturated heterocycles. The Hall–Kier alpha value is -0.750. The summed E-state index contributed by atoms with van der Waals surface area (Å²) < 4.78 is 28.0. The van der Waals surface area contributed by atoms with Gasteiger partial charge >= 0.3 is 11.9 Å². The predicted octanol–water partition coefficient (Wildman–Crippen LogP) is -0.851. The molecule has 0 aliphatic rings. The van der Waals surface area contributed by atoms with Gasteiger partial charge in [-0.05, 0) is 0 Å². The molecule has 66 valence electrons. The van der Waals surface area contributed by atoms with Crippen LogP contribution in [0.2, 0.25) is 0 Å². The molecule has 4 nitrogen and oxygen atoms in total. The smallest absolute Gasteiger partial charge is 0.379 e. The lowest BCUT2D eigenvalue weighted by molar-refractivity contribution is -0.178. The summed E-state index contributed by atoms with van der Waals surface area (Å²) in [6, 6.07) is 0. The van der Waals surface area contributed by atoms with Crippen LogP contribution in [0.3, 0.4) is 0 Å². The van der Waals surface area contributed by atoms with E-state index in [1.807, 2.05) is 0 Å². The SMILES string of the molecule is O=C(OCCO)C(F)(F)CO. The van der Waals surface area contributed by atoms with Crippen molar-refractivity contribution < 1.29 is 28.5 Å². The van der Waals surface area contributed by atoms with Gasteiger partial charge in [0.05, 0.1) is 6.61 Å². The van der Waals surface area contributed by atoms with Gasteiger partial charge in [0.2, 0.25) is 0 Å². The van der Waals surface area contributed by atoms with Gasteiger partial charge in [-0.2, -0.15) is 8.78 Å². The van der Waals surface area contributed by atoms with Crippen LogP contribution in [0.5, 0.6) is 0 Å². The summed E-state index contributed by atoms with van der Waals surface area (Å²) in [5, 5.41) is 16.0. The van der Waals surface area contributed by atoms with E-state index < -0.39 is 31.7 Å². The molecule has 0 aromatic carbocycles. The van der Waals surface area contributed by atoms with Gasteiger partial charge < -0.3 is 14.9 Å². The van der Waals surface area contributed by atoms with Crippen molar-refractivity contribution >= 4 is 5.97 Å². The molecule has 0 unspecified atom stereocenters. The molecule has 0 amide bonds. The molecule has 0 heterocycles. The van der Waals surface area contributed by atoms with Crippen LogP contribution in [0, 0.1) is 0 Å². The molecule has 0 fully saturated rings. The molecule has 0 saturated carbocycles. The highest BCUT2D eigenvalue weighted by molar-refractivity contribution is 5.77. The number of hydrogen-bond acceptors (Lipinski definition) is 4. The Morgan fingerprint density at radius 1 is 1.45 bits per heavy atom. The van der Waals surface area contributed by atoms with Crippen molar-refractivity contribution in [2.45, 2.75) is 5.92 Å². The topological polar surface area (TPSA) is 66.8 Å². The average Bonchev–Trinajstić information content (AvgIpc) is 2.00. The van der Waals surface area contributed by atoms with Crippen LogP contribution in [0.4, 0.5) is 8.78 Å². The van der Waals surface area contributed by atoms with E-state index in [-0.39, 0.29) is 0 Å². The largest absolute Gasteiger partial charge is 0.459 e. The number of carbonyl (C=O) groups excluding carboxylic acids is 1. The highest BCUT2D eigenvalue weighted by atomic mass is 19.3. The minimum atomic E-state index is -3.87. The highest BCUT2D eigenvalue weighted by Crippen LogP contribution is 2.13. The maximum Gasteiger partial charge on any atom is 0.379 e. The third-order valence-corrected chi connectivity index (χ3v) is 0.822. The predicted molar refractivity (Wildman–Crippen MR) is 30.1 cm³/mol. The molecule has 0 aromatic rings. The monoisotopic (exact) mass is 170 g/mol. The van der Waals surface area contributed by atoms with Gasteiger partial charge in [0.25, 0.3) is 0 Å². The van der Waals surface area contributed by atoms with Crippen LogP contribution in [0.1, 0.15) is 0 Å². The van der Waals surface area contributed by atoms with E-state index in [1.165, 1.54) is 0 Å². The quantitative estimate of drug-likeness (QED) is 0.539. The van der Waals surface area contributed by atoms with Crippen molar-refractivity contribution in [3.8, 4) is 0 Å². The lowest BCUT2D eigenvalue weighted by Gasteiger charge is -2.10. The first-order valence-corrected chi connectivity index (χ1v) is 2.81. The first-order chi connectivity index (χ1) is 5.04. The van der Waals surface area contributed by atoms with Crippen LogP contribution < -0.4 is 0 Å². The van der Waals surface area contributed by atoms with E-state index in [1.54, 1.807) is 0 Å². The Kier molecular flexibility index (Phi) is 3.91. The summed E-state index contributed by atoms with van der Waals surface area (Å²) in [4.78, 5) is 10.2. The van der Waals surface area contributed by atoms with Gasteiger partial charge in [-0.1, -0.05) is 0 Å². The number of halogens is 2. The number of ether oxygens (including phenoxy) is 1. The Balaban J connectivity index is 3.82. The lowest BCUT2D eigenvalue weighted by atomic mass is 10.4. The summed E-state index contributed by atoms with van der Waals surface area (Å²) in [5.41, 5.74) is 0. The van der Waals surface area contributed by atoms with Crippen molar-refractivity contribution in [2.24, 2.45) is 0 Å². The molecule has 0 spiro atoms. The molecule has 0 radical (unpaired) electrons. The van der Waals surface area contributed by atoms with Crippen molar-refractivity contribution in [1.29, 1.82) is 0 Å². The normalized spacial score (nSPS) is 11.3. The molecule has 2 N–H and O–H groups in total. The molecule has 0 atom stereocenters. The van der Waals surface area contributed by atoms with E-state index >= 15 is 0 Å². The van der Waals surface area contributed by atoms with Crippen LogP contribution >= 0.6 is 0 Å². The number of aliphatic hydroxyl groups excluding tert-OH is 2. The van der Waals surface area contributed by atoms with Crippen molar-refractivity contribution in [3.05, 3.63) is 0 Å². The molecule has 6 heteroatoms. The number of rotatable bonds is 4. The van der Waals surface area contributed by atoms with Gasteiger partial charge in [-0.3, -0.25) is 0 Å². The van der Waals surface area contributed by atoms with Gasteiger partial charge in [0.15, 0.2) is 0 Å². The lowest BCUT2D eigenvalue weighted by Crippen LogP contribution is -2.35. The summed E-state index contributed by atoms with van der Waals surface area (Å²) in [6.07, 6.45) is 0. The van der Waals surface area contributed by atoms with Gasteiger partial charge in [-0.15, -0.1) is 0 Å². The zero-order valence-corrected chi connectivity index (χ0v) is 5.59. The second-order valence-electron chi connectivity index (χ2n) is 1.72. The number of esters is 1. The molecular formula is C5H8F2O4. The minimum absolute atomic E-state index is 0.492. The zero-order chi connectivity index (χ0) is 8.91. The summed E-state index contributed by atoms with van der Waals surface area (Å²) in [5.74, 6) is -5.69. The summed E-state index contributed by atoms with van der Waals surface area (Å²) in [6.45, 7) is -2.60. The van der Waals surface area contributed by atoms with Crippen molar-refractivity contribution in [3.63, 3.8) is 0 Å². The third-order valence-electron chi connectivity index (χ3n) is 0.822. The summed E-state index contributed by atoms with van der Waals surface area (Å²) >= 11 is 0. The van der Waals surface area contributed by atoms with Gasteiger partial charge in [-0.25, -0.2) is 4.79 Å². The van der Waals surface area contributed by atoms with Crippen LogP contribution in [0.25, 0.3) is 0 Å². The minimum Gasteiger partial charge on any atom is -0.459 e. The van der Waals surface area contributed by atoms with Gasteiger partial charge in [0.1, 0.15) is 13.2 Å². The maximum absolute atomic E-state index is 12.1. The van der Waals surface area contributed by atoms with E-state index in [4.69, 9.17) is 10.2 Å². The Morgan fingerprint density at radius 3 is 2.36 bits per heavy atom. The highest BCUT2D eigenvalue weighted by Gasteiger charge is 2.39.